The van der Waals surface area contributed by atoms with Gasteiger partial charge >= 0.3 is 0 Å². The number of sulfone groups is 1. The van der Waals surface area contributed by atoms with E-state index in [2.05, 4.69) is 14.9 Å². The molecule has 7 heteroatoms. The molecule has 1 heterocycles. The first-order chi connectivity index (χ1) is 15.0. The maximum atomic E-state index is 12.7. The van der Waals surface area contributed by atoms with Gasteiger partial charge < -0.3 is 9.88 Å². The van der Waals surface area contributed by atoms with Gasteiger partial charge in [-0.15, -0.1) is 0 Å². The lowest BCUT2D eigenvalue weighted by Crippen LogP contribution is -2.24. The molecule has 0 unspecified atom stereocenters. The molecule has 1 N–H and O–H groups in total. The number of rotatable bonds is 7. The molecule has 0 aliphatic rings. The van der Waals surface area contributed by atoms with Crippen molar-refractivity contribution >= 4 is 26.8 Å². The summed E-state index contributed by atoms with van der Waals surface area (Å²) in [6.07, 6.45) is 0. The van der Waals surface area contributed by atoms with E-state index in [0.29, 0.717) is 11.1 Å². The highest BCUT2D eigenvalue weighted by molar-refractivity contribution is 7.90. The van der Waals surface area contributed by atoms with Crippen molar-refractivity contribution in [2.24, 2.45) is 0 Å². The molecule has 1 amide bonds. The van der Waals surface area contributed by atoms with E-state index in [0.717, 1.165) is 23.4 Å². The summed E-state index contributed by atoms with van der Waals surface area (Å²) in [6, 6.07) is 22.9. The van der Waals surface area contributed by atoms with Crippen molar-refractivity contribution in [3.8, 4) is 0 Å². The number of carbonyl (C=O) groups is 1. The first-order valence-corrected chi connectivity index (χ1v) is 11.7. The Balaban J connectivity index is 1.49. The van der Waals surface area contributed by atoms with Crippen molar-refractivity contribution in [3.63, 3.8) is 0 Å². The minimum atomic E-state index is -3.48. The molecule has 0 saturated carbocycles. The standard InChI is InChI=1S/C24H23N3O3S/c1-2-27-22-14-7-6-13-21(22)26-23(27)16-25-24(28)19-10-8-9-18(15-19)17-31(29,30)20-11-4-3-5-12-20/h3-15H,2,16-17H2,1H3,(H,25,28). The Hall–Kier alpha value is -3.45. The number of para-hydroxylation sites is 2. The number of hydrogen-bond donors (Lipinski definition) is 1. The molecule has 0 saturated heterocycles. The second-order valence-corrected chi connectivity index (χ2v) is 9.21. The van der Waals surface area contributed by atoms with Gasteiger partial charge in [0, 0.05) is 12.1 Å². The summed E-state index contributed by atoms with van der Waals surface area (Å²) < 4.78 is 27.3. The van der Waals surface area contributed by atoms with E-state index >= 15 is 0 Å². The largest absolute Gasteiger partial charge is 0.345 e. The molecule has 0 aliphatic carbocycles. The number of fused-ring (bicyclic) bond motifs is 1. The summed E-state index contributed by atoms with van der Waals surface area (Å²) in [6.45, 7) is 3.07. The molecule has 3 aromatic carbocycles. The fourth-order valence-electron chi connectivity index (χ4n) is 3.61. The van der Waals surface area contributed by atoms with Gasteiger partial charge in [-0.25, -0.2) is 13.4 Å². The van der Waals surface area contributed by atoms with E-state index in [1.54, 1.807) is 54.6 Å². The van der Waals surface area contributed by atoms with Gasteiger partial charge in [0.2, 0.25) is 0 Å². The van der Waals surface area contributed by atoms with E-state index in [4.69, 9.17) is 0 Å². The maximum Gasteiger partial charge on any atom is 0.251 e. The number of nitrogens with one attached hydrogen (secondary N) is 1. The average molecular weight is 434 g/mol. The van der Waals surface area contributed by atoms with E-state index in [9.17, 15) is 13.2 Å². The highest BCUT2D eigenvalue weighted by Gasteiger charge is 2.16. The highest BCUT2D eigenvalue weighted by atomic mass is 32.2. The van der Waals surface area contributed by atoms with Crippen LogP contribution in [0.15, 0.2) is 83.8 Å². The zero-order valence-corrected chi connectivity index (χ0v) is 18.0. The Morgan fingerprint density at radius 1 is 0.968 bits per heavy atom. The summed E-state index contributed by atoms with van der Waals surface area (Å²) in [5.74, 6) is 0.345. The Morgan fingerprint density at radius 2 is 1.71 bits per heavy atom. The Morgan fingerprint density at radius 3 is 2.48 bits per heavy atom. The van der Waals surface area contributed by atoms with Crippen molar-refractivity contribution in [2.75, 3.05) is 0 Å². The van der Waals surface area contributed by atoms with Crippen molar-refractivity contribution in [3.05, 3.63) is 95.8 Å². The number of hydrogen-bond acceptors (Lipinski definition) is 4. The SMILES string of the molecule is CCn1c(CNC(=O)c2cccc(CS(=O)(=O)c3ccccc3)c2)nc2ccccc21. The van der Waals surface area contributed by atoms with Crippen LogP contribution in [-0.4, -0.2) is 23.9 Å². The van der Waals surface area contributed by atoms with Crippen molar-refractivity contribution in [2.45, 2.75) is 30.7 Å². The third kappa shape index (κ3) is 4.51. The Kier molecular flexibility index (Phi) is 5.86. The summed E-state index contributed by atoms with van der Waals surface area (Å²) in [5, 5.41) is 2.90. The molecular formula is C24H23N3O3S. The van der Waals surface area contributed by atoms with Gasteiger partial charge in [-0.2, -0.15) is 0 Å². The molecule has 0 spiro atoms. The second kappa shape index (κ2) is 8.73. The van der Waals surface area contributed by atoms with E-state index in [-0.39, 0.29) is 23.1 Å². The molecular weight excluding hydrogens is 410 g/mol. The molecule has 0 atom stereocenters. The van der Waals surface area contributed by atoms with Gasteiger partial charge in [0.05, 0.1) is 28.2 Å². The van der Waals surface area contributed by atoms with Crippen LogP contribution in [0.25, 0.3) is 11.0 Å². The van der Waals surface area contributed by atoms with Crippen molar-refractivity contribution in [1.82, 2.24) is 14.9 Å². The van der Waals surface area contributed by atoms with Crippen LogP contribution < -0.4 is 5.32 Å². The summed E-state index contributed by atoms with van der Waals surface area (Å²) >= 11 is 0. The molecule has 6 nitrogen and oxygen atoms in total. The third-order valence-electron chi connectivity index (χ3n) is 5.11. The van der Waals surface area contributed by atoms with Crippen LogP contribution in [0.2, 0.25) is 0 Å². The van der Waals surface area contributed by atoms with Crippen LogP contribution in [0, 0.1) is 0 Å². The number of carbonyl (C=O) groups excluding carboxylic acids is 1. The quantitative estimate of drug-likeness (QED) is 0.478. The van der Waals surface area contributed by atoms with E-state index in [1.807, 2.05) is 31.2 Å². The fraction of sp³-hybridized carbons (Fsp3) is 0.167. The molecule has 4 rings (SSSR count). The number of amides is 1. The Labute approximate surface area is 181 Å². The normalized spacial score (nSPS) is 11.5. The average Bonchev–Trinajstić information content (AvgIpc) is 3.15. The summed E-state index contributed by atoms with van der Waals surface area (Å²) in [5.41, 5.74) is 2.90. The van der Waals surface area contributed by atoms with Gasteiger partial charge in [0.1, 0.15) is 5.82 Å². The molecule has 0 bridgehead atoms. The Bertz CT molecular complexity index is 1330. The van der Waals surface area contributed by atoms with Crippen LogP contribution in [0.3, 0.4) is 0 Å². The number of aromatic nitrogens is 2. The third-order valence-corrected chi connectivity index (χ3v) is 6.81. The van der Waals surface area contributed by atoms with Crippen LogP contribution in [0.5, 0.6) is 0 Å². The van der Waals surface area contributed by atoms with Crippen LogP contribution in [-0.2, 0) is 28.7 Å². The van der Waals surface area contributed by atoms with E-state index < -0.39 is 9.84 Å². The van der Waals surface area contributed by atoms with Crippen LogP contribution in [0.4, 0.5) is 0 Å². The maximum absolute atomic E-state index is 12.7. The molecule has 1 aromatic heterocycles. The van der Waals surface area contributed by atoms with Gasteiger partial charge in [-0.1, -0.05) is 42.5 Å². The number of aryl methyl sites for hydroxylation is 1. The smallest absolute Gasteiger partial charge is 0.251 e. The molecule has 0 aliphatic heterocycles. The molecule has 0 radical (unpaired) electrons. The molecule has 31 heavy (non-hydrogen) atoms. The topological polar surface area (TPSA) is 81.1 Å². The summed E-state index contributed by atoms with van der Waals surface area (Å²) in [4.78, 5) is 17.6. The van der Waals surface area contributed by atoms with E-state index in [1.165, 1.54) is 0 Å². The predicted molar refractivity (Wildman–Crippen MR) is 120 cm³/mol. The zero-order valence-electron chi connectivity index (χ0n) is 17.2. The minimum absolute atomic E-state index is 0.163. The number of benzene rings is 3. The lowest BCUT2D eigenvalue weighted by Gasteiger charge is -2.09. The summed E-state index contributed by atoms with van der Waals surface area (Å²) in [7, 11) is -3.48. The number of imidazole rings is 1. The van der Waals surface area contributed by atoms with Crippen molar-refractivity contribution in [1.29, 1.82) is 0 Å². The van der Waals surface area contributed by atoms with Crippen molar-refractivity contribution < 1.29 is 13.2 Å². The molecule has 0 fully saturated rings. The van der Waals surface area contributed by atoms with Crippen LogP contribution >= 0.6 is 0 Å². The van der Waals surface area contributed by atoms with Gasteiger partial charge in [0.25, 0.3) is 5.91 Å². The first kappa shape index (κ1) is 20.8. The molecule has 158 valence electrons. The minimum Gasteiger partial charge on any atom is -0.345 e. The first-order valence-electron chi connectivity index (χ1n) is 10.1. The van der Waals surface area contributed by atoms with Gasteiger partial charge in [-0.3, -0.25) is 4.79 Å². The van der Waals surface area contributed by atoms with Crippen LogP contribution in [0.1, 0.15) is 28.7 Å². The second-order valence-electron chi connectivity index (χ2n) is 7.22. The monoisotopic (exact) mass is 433 g/mol. The lowest BCUT2D eigenvalue weighted by atomic mass is 10.1. The zero-order chi connectivity index (χ0) is 21.8. The predicted octanol–water partition coefficient (Wildman–Crippen LogP) is 3.96. The highest BCUT2D eigenvalue weighted by Crippen LogP contribution is 2.18. The lowest BCUT2D eigenvalue weighted by molar-refractivity contribution is 0.0949. The molecule has 4 aromatic rings. The fourth-order valence-corrected chi connectivity index (χ4v) is 4.96. The van der Waals surface area contributed by atoms with Gasteiger partial charge in [0.15, 0.2) is 9.84 Å². The number of nitrogens with zero attached hydrogens (tertiary/aromatic N) is 2. The van der Waals surface area contributed by atoms with Gasteiger partial charge in [-0.05, 0) is 48.9 Å².